The molecule has 2 heterocycles. The van der Waals surface area contributed by atoms with E-state index in [1.54, 1.807) is 18.2 Å². The van der Waals surface area contributed by atoms with Crippen LogP contribution in [0, 0.1) is 12.7 Å². The summed E-state index contributed by atoms with van der Waals surface area (Å²) in [7, 11) is 0. The Kier molecular flexibility index (Phi) is 6.10. The standard InChI is InChI=1S/C25H22FNO4S/c1-3-31-20-11-8-17(13-15(20)2)23(28)21-22(16-6-9-18(26)10-7-16)27(25(30)24(21)29)14-19-5-4-12-32-19/h4-13,22,28H,3,14H2,1-2H3/b23-21-. The van der Waals surface area contributed by atoms with Crippen LogP contribution in [-0.4, -0.2) is 28.3 Å². The maximum atomic E-state index is 13.6. The number of Topliss-reactive ketones (excluding diaryl/α,β-unsaturated/α-hetero) is 1. The molecule has 0 radical (unpaired) electrons. The first-order valence-corrected chi connectivity index (χ1v) is 11.1. The van der Waals surface area contributed by atoms with Crippen LogP contribution in [0.4, 0.5) is 4.39 Å². The average Bonchev–Trinajstić information content (AvgIpc) is 3.38. The lowest BCUT2D eigenvalue weighted by atomic mass is 9.94. The van der Waals surface area contributed by atoms with E-state index < -0.39 is 23.5 Å². The van der Waals surface area contributed by atoms with Gasteiger partial charge < -0.3 is 14.7 Å². The molecule has 3 aromatic rings. The fourth-order valence-electron chi connectivity index (χ4n) is 3.87. The number of likely N-dealkylation sites (tertiary alicyclic amines) is 1. The van der Waals surface area contributed by atoms with Gasteiger partial charge in [-0.15, -0.1) is 11.3 Å². The van der Waals surface area contributed by atoms with Crippen LogP contribution < -0.4 is 4.74 Å². The number of thiophene rings is 1. The van der Waals surface area contributed by atoms with Crippen LogP contribution in [0.2, 0.25) is 0 Å². The molecule has 0 bridgehead atoms. The predicted molar refractivity (Wildman–Crippen MR) is 121 cm³/mol. The van der Waals surface area contributed by atoms with Crippen molar-refractivity contribution in [1.29, 1.82) is 0 Å². The molecule has 32 heavy (non-hydrogen) atoms. The minimum Gasteiger partial charge on any atom is -0.507 e. The highest BCUT2D eigenvalue weighted by Gasteiger charge is 2.46. The zero-order valence-corrected chi connectivity index (χ0v) is 18.5. The lowest BCUT2D eigenvalue weighted by Gasteiger charge is -2.25. The highest BCUT2D eigenvalue weighted by atomic mass is 32.1. The Bertz CT molecular complexity index is 1190. The van der Waals surface area contributed by atoms with Crippen LogP contribution in [-0.2, 0) is 16.1 Å². The SMILES string of the molecule is CCOc1ccc(/C(O)=C2/C(=O)C(=O)N(Cc3cccs3)C2c2ccc(F)cc2)cc1C. The number of rotatable bonds is 6. The summed E-state index contributed by atoms with van der Waals surface area (Å²) in [6.45, 7) is 4.44. The van der Waals surface area contributed by atoms with Gasteiger partial charge in [-0.3, -0.25) is 9.59 Å². The first-order valence-electron chi connectivity index (χ1n) is 10.2. The van der Waals surface area contributed by atoms with E-state index in [4.69, 9.17) is 4.74 Å². The van der Waals surface area contributed by atoms with Crippen LogP contribution in [0.25, 0.3) is 5.76 Å². The summed E-state index contributed by atoms with van der Waals surface area (Å²) < 4.78 is 19.1. The molecule has 0 aliphatic carbocycles. The Morgan fingerprint density at radius 2 is 1.91 bits per heavy atom. The highest BCUT2D eigenvalue weighted by molar-refractivity contribution is 7.09. The second kappa shape index (κ2) is 8.96. The Morgan fingerprint density at radius 3 is 2.53 bits per heavy atom. The molecule has 1 amide bonds. The van der Waals surface area contributed by atoms with Crippen molar-refractivity contribution in [2.75, 3.05) is 6.61 Å². The lowest BCUT2D eigenvalue weighted by Crippen LogP contribution is -2.28. The molecule has 0 saturated carbocycles. The van der Waals surface area contributed by atoms with Crippen molar-refractivity contribution in [3.05, 3.63) is 92.9 Å². The fourth-order valence-corrected chi connectivity index (χ4v) is 4.58. The number of amides is 1. The zero-order valence-electron chi connectivity index (χ0n) is 17.7. The van der Waals surface area contributed by atoms with Crippen molar-refractivity contribution in [2.24, 2.45) is 0 Å². The molecule has 1 fully saturated rings. The van der Waals surface area contributed by atoms with Gasteiger partial charge in [-0.25, -0.2) is 4.39 Å². The summed E-state index contributed by atoms with van der Waals surface area (Å²) in [6, 6.07) is 13.6. The van der Waals surface area contributed by atoms with E-state index >= 15 is 0 Å². The number of carbonyl (C=O) groups excluding carboxylic acids is 2. The molecule has 1 aliphatic rings. The summed E-state index contributed by atoms with van der Waals surface area (Å²) in [6.07, 6.45) is 0. The number of hydrogen-bond donors (Lipinski definition) is 1. The van der Waals surface area contributed by atoms with Gasteiger partial charge in [0, 0.05) is 10.4 Å². The Hall–Kier alpha value is -3.45. The van der Waals surface area contributed by atoms with E-state index in [1.807, 2.05) is 31.4 Å². The van der Waals surface area contributed by atoms with Gasteiger partial charge in [-0.1, -0.05) is 18.2 Å². The minimum absolute atomic E-state index is 0.0123. The van der Waals surface area contributed by atoms with Crippen molar-refractivity contribution in [2.45, 2.75) is 26.4 Å². The molecule has 1 aliphatic heterocycles. The molecular weight excluding hydrogens is 429 g/mol. The molecule has 7 heteroatoms. The summed E-state index contributed by atoms with van der Waals surface area (Å²) >= 11 is 1.47. The van der Waals surface area contributed by atoms with E-state index in [1.165, 1.54) is 40.5 Å². The van der Waals surface area contributed by atoms with Crippen molar-refractivity contribution in [3.8, 4) is 5.75 Å². The van der Waals surface area contributed by atoms with Crippen LogP contribution in [0.5, 0.6) is 5.75 Å². The van der Waals surface area contributed by atoms with E-state index in [0.29, 0.717) is 23.5 Å². The van der Waals surface area contributed by atoms with Gasteiger partial charge in [0.15, 0.2) is 0 Å². The van der Waals surface area contributed by atoms with Crippen LogP contribution in [0.15, 0.2) is 65.6 Å². The van der Waals surface area contributed by atoms with E-state index in [2.05, 4.69) is 0 Å². The number of aliphatic hydroxyl groups excluding tert-OH is 1. The largest absolute Gasteiger partial charge is 0.507 e. The third kappa shape index (κ3) is 4.03. The molecule has 1 atom stereocenters. The molecule has 5 nitrogen and oxygen atoms in total. The van der Waals surface area contributed by atoms with E-state index in [9.17, 15) is 19.1 Å². The number of aliphatic hydroxyl groups is 1. The quantitative estimate of drug-likeness (QED) is 0.317. The van der Waals surface area contributed by atoms with E-state index in [-0.39, 0.29) is 17.9 Å². The maximum Gasteiger partial charge on any atom is 0.295 e. The van der Waals surface area contributed by atoms with Gasteiger partial charge in [-0.05, 0) is 66.8 Å². The number of hydrogen-bond acceptors (Lipinski definition) is 5. The number of benzene rings is 2. The number of halogens is 1. The Morgan fingerprint density at radius 1 is 1.16 bits per heavy atom. The molecular formula is C25H22FNO4S. The highest BCUT2D eigenvalue weighted by Crippen LogP contribution is 2.41. The normalized spacial score (nSPS) is 17.7. The van der Waals surface area contributed by atoms with Gasteiger partial charge >= 0.3 is 0 Å². The summed E-state index contributed by atoms with van der Waals surface area (Å²) in [5, 5.41) is 13.0. The molecule has 1 aromatic heterocycles. The smallest absolute Gasteiger partial charge is 0.295 e. The maximum absolute atomic E-state index is 13.6. The summed E-state index contributed by atoms with van der Waals surface area (Å²) in [4.78, 5) is 28.4. The zero-order chi connectivity index (χ0) is 22.8. The lowest BCUT2D eigenvalue weighted by molar-refractivity contribution is -0.140. The van der Waals surface area contributed by atoms with Crippen molar-refractivity contribution in [1.82, 2.24) is 4.90 Å². The Balaban J connectivity index is 1.84. The van der Waals surface area contributed by atoms with Crippen molar-refractivity contribution >= 4 is 28.8 Å². The molecule has 1 N–H and O–H groups in total. The van der Waals surface area contributed by atoms with E-state index in [0.717, 1.165) is 10.4 Å². The van der Waals surface area contributed by atoms with Gasteiger partial charge in [0.25, 0.3) is 11.7 Å². The van der Waals surface area contributed by atoms with Gasteiger partial charge in [0.2, 0.25) is 0 Å². The minimum atomic E-state index is -0.829. The Labute approximate surface area is 189 Å². The molecule has 2 aromatic carbocycles. The van der Waals surface area contributed by atoms with Crippen LogP contribution >= 0.6 is 11.3 Å². The predicted octanol–water partition coefficient (Wildman–Crippen LogP) is 5.22. The molecule has 164 valence electrons. The molecule has 1 saturated heterocycles. The molecule has 0 spiro atoms. The topological polar surface area (TPSA) is 66.8 Å². The average molecular weight is 452 g/mol. The molecule has 1 unspecified atom stereocenters. The number of ketones is 1. The monoisotopic (exact) mass is 451 g/mol. The number of ether oxygens (including phenoxy) is 1. The third-order valence-corrected chi connectivity index (χ3v) is 6.24. The van der Waals surface area contributed by atoms with Crippen LogP contribution in [0.1, 0.15) is 34.5 Å². The third-order valence-electron chi connectivity index (χ3n) is 5.38. The first kappa shape index (κ1) is 21.8. The number of aryl methyl sites for hydroxylation is 1. The van der Waals surface area contributed by atoms with Gasteiger partial charge in [-0.2, -0.15) is 0 Å². The fraction of sp³-hybridized carbons (Fsp3) is 0.200. The number of nitrogens with zero attached hydrogens (tertiary/aromatic N) is 1. The van der Waals surface area contributed by atoms with Crippen molar-refractivity contribution in [3.63, 3.8) is 0 Å². The van der Waals surface area contributed by atoms with Crippen LogP contribution in [0.3, 0.4) is 0 Å². The van der Waals surface area contributed by atoms with Crippen molar-refractivity contribution < 1.29 is 23.8 Å². The molecule has 4 rings (SSSR count). The number of carbonyl (C=O) groups is 2. The summed E-state index contributed by atoms with van der Waals surface area (Å²) in [5.74, 6) is -1.47. The van der Waals surface area contributed by atoms with Gasteiger partial charge in [0.1, 0.15) is 17.3 Å². The second-order valence-corrected chi connectivity index (χ2v) is 8.50. The van der Waals surface area contributed by atoms with Gasteiger partial charge in [0.05, 0.1) is 24.8 Å². The first-order chi connectivity index (χ1) is 15.4. The second-order valence-electron chi connectivity index (χ2n) is 7.47. The summed E-state index contributed by atoms with van der Waals surface area (Å²) in [5.41, 5.74) is 1.74.